The van der Waals surface area contributed by atoms with Gasteiger partial charge in [0.15, 0.2) is 0 Å². The van der Waals surface area contributed by atoms with E-state index in [1.807, 2.05) is 74.4 Å². The van der Waals surface area contributed by atoms with Gasteiger partial charge < -0.3 is 39.7 Å². The predicted molar refractivity (Wildman–Crippen MR) is 244 cm³/mol. The van der Waals surface area contributed by atoms with Crippen LogP contribution in [0.2, 0.25) is 10.0 Å². The Labute approximate surface area is 383 Å². The quantitative estimate of drug-likeness (QED) is 0.140. The highest BCUT2D eigenvalue weighted by molar-refractivity contribution is 6.31. The molecule has 0 aliphatic carbocycles. The Balaban J connectivity index is 1.20. The highest BCUT2D eigenvalue weighted by Gasteiger charge is 2.43. The minimum absolute atomic E-state index is 0.112. The van der Waals surface area contributed by atoms with Gasteiger partial charge in [-0.3, -0.25) is 24.2 Å². The molecule has 4 atom stereocenters. The van der Waals surface area contributed by atoms with Crippen molar-refractivity contribution in [1.82, 2.24) is 39.9 Å². The van der Waals surface area contributed by atoms with Crippen molar-refractivity contribution in [1.29, 1.82) is 0 Å². The van der Waals surface area contributed by atoms with Crippen molar-refractivity contribution < 1.29 is 29.0 Å². The summed E-state index contributed by atoms with van der Waals surface area (Å²) in [5, 5.41) is 17.3. The molecule has 0 spiro atoms. The molecule has 0 unspecified atom stereocenters. The Morgan fingerprint density at radius 1 is 0.938 bits per heavy atom. The van der Waals surface area contributed by atoms with Crippen LogP contribution in [0.15, 0.2) is 97.5 Å². The number of piperidine rings is 1. The van der Waals surface area contributed by atoms with Gasteiger partial charge in [-0.15, -0.1) is 0 Å². The first-order valence-electron chi connectivity index (χ1n) is 21.4. The van der Waals surface area contributed by atoms with Gasteiger partial charge in [-0.05, 0) is 112 Å². The highest BCUT2D eigenvalue weighted by atomic mass is 35.5. The van der Waals surface area contributed by atoms with Crippen LogP contribution in [0, 0.1) is 5.92 Å². The van der Waals surface area contributed by atoms with Crippen molar-refractivity contribution in [2.24, 2.45) is 13.0 Å². The number of fused-ring (bicyclic) bond motifs is 2. The smallest absolute Gasteiger partial charge is 0.245 e. The summed E-state index contributed by atoms with van der Waals surface area (Å²) < 4.78 is 8.48. The number of carbonyl (C=O) groups is 4. The molecule has 2 aliphatic rings. The van der Waals surface area contributed by atoms with Gasteiger partial charge in [0.2, 0.25) is 23.6 Å². The summed E-state index contributed by atoms with van der Waals surface area (Å²) in [7, 11) is 5.96. The Morgan fingerprint density at radius 3 is 2.39 bits per heavy atom. The van der Waals surface area contributed by atoms with Crippen LogP contribution in [0.3, 0.4) is 0 Å². The van der Waals surface area contributed by atoms with E-state index in [0.717, 1.165) is 28.2 Å². The Hall–Kier alpha value is -5.80. The third-order valence-corrected chi connectivity index (χ3v) is 12.5. The normalized spacial score (nSPS) is 21.1. The molecule has 2 saturated heterocycles. The first kappa shape index (κ1) is 46.2. The van der Waals surface area contributed by atoms with Gasteiger partial charge in [0.1, 0.15) is 29.4 Å². The third-order valence-electron chi connectivity index (χ3n) is 12.0. The van der Waals surface area contributed by atoms with Crippen molar-refractivity contribution in [2.45, 2.75) is 69.7 Å². The number of aliphatic hydroxyl groups excluding tert-OH is 1. The van der Waals surface area contributed by atoms with Crippen molar-refractivity contribution in [3.8, 4) is 22.8 Å². The van der Waals surface area contributed by atoms with E-state index in [9.17, 15) is 24.3 Å². The molecule has 0 radical (unpaired) electrons. The van der Waals surface area contributed by atoms with Crippen LogP contribution in [0.4, 0.5) is 0 Å². The molecular weight excluding hydrogens is 855 g/mol. The monoisotopic (exact) mass is 908 g/mol. The molecule has 7 rings (SSSR count). The van der Waals surface area contributed by atoms with E-state index in [4.69, 9.17) is 27.9 Å². The number of nitrogens with zero attached hydrogens (tertiary/aromatic N) is 6. The van der Waals surface area contributed by atoms with Crippen LogP contribution in [-0.2, 0) is 52.2 Å². The van der Waals surface area contributed by atoms with E-state index in [2.05, 4.69) is 25.5 Å². The van der Waals surface area contributed by atoms with Crippen LogP contribution < -0.4 is 15.4 Å². The van der Waals surface area contributed by atoms with Crippen LogP contribution in [0.5, 0.6) is 11.5 Å². The topological polar surface area (TPSA) is 162 Å². The van der Waals surface area contributed by atoms with E-state index >= 15 is 0 Å². The molecule has 4 heterocycles. The number of pyridine rings is 1. The first-order chi connectivity index (χ1) is 30.7. The molecule has 16 heteroatoms. The van der Waals surface area contributed by atoms with Crippen molar-refractivity contribution in [2.75, 3.05) is 33.8 Å². The van der Waals surface area contributed by atoms with Crippen LogP contribution in [-0.4, -0.2) is 109 Å². The number of benzene rings is 3. The number of hydrogen-bond acceptors (Lipinski definition) is 9. The first-order valence-corrected chi connectivity index (χ1v) is 22.1. The van der Waals surface area contributed by atoms with E-state index < -0.39 is 47.9 Å². The number of ether oxygens (including phenoxy) is 1. The van der Waals surface area contributed by atoms with Crippen molar-refractivity contribution in [3.05, 3.63) is 130 Å². The summed E-state index contributed by atoms with van der Waals surface area (Å²) in [5.41, 5.74) is 3.14. The van der Waals surface area contributed by atoms with Gasteiger partial charge in [0.05, 0.1) is 43.0 Å². The van der Waals surface area contributed by atoms with Gasteiger partial charge in [-0.25, -0.2) is 4.98 Å². The lowest BCUT2D eigenvalue weighted by atomic mass is 9.81. The van der Waals surface area contributed by atoms with Gasteiger partial charge in [0, 0.05) is 60.1 Å². The fourth-order valence-corrected chi connectivity index (χ4v) is 8.85. The fourth-order valence-electron chi connectivity index (χ4n) is 8.56. The SMILES string of the molecule is C[C@H]1C(=O)N[C@@H](CO)C(=O)N[C@@]2(Cc3ccc(Cl)cc3)CCCN(C2)C(=O)[C@H](Cc2cccnc2)CC(=O)N1Cc1ccc(Cl)cc1Oc1ccc(-c2cnc(CN(C)C)n2C)cc1. The number of imidazole rings is 1. The molecule has 64 heavy (non-hydrogen) atoms. The molecule has 14 nitrogen and oxygen atoms in total. The van der Waals surface area contributed by atoms with Gasteiger partial charge >= 0.3 is 0 Å². The number of aliphatic hydroxyl groups is 1. The number of aromatic nitrogens is 3. The Morgan fingerprint density at radius 2 is 1.69 bits per heavy atom. The minimum atomic E-state index is -1.34. The summed E-state index contributed by atoms with van der Waals surface area (Å²) in [6, 6.07) is 21.0. The molecule has 0 saturated carbocycles. The Bertz CT molecular complexity index is 2450. The van der Waals surface area contributed by atoms with Crippen LogP contribution in [0.1, 0.15) is 48.7 Å². The number of halogens is 2. The number of amides is 4. The zero-order valence-electron chi connectivity index (χ0n) is 36.5. The second-order valence-electron chi connectivity index (χ2n) is 17.1. The van der Waals surface area contributed by atoms with E-state index in [0.29, 0.717) is 59.5 Å². The van der Waals surface area contributed by atoms with Gasteiger partial charge in [-0.2, -0.15) is 0 Å². The largest absolute Gasteiger partial charge is 0.457 e. The molecule has 2 aliphatic heterocycles. The summed E-state index contributed by atoms with van der Waals surface area (Å²) in [5.74, 6) is -1.03. The fraction of sp³-hybridized carbons (Fsp3) is 0.375. The number of nitrogens with one attached hydrogen (secondary N) is 2. The summed E-state index contributed by atoms with van der Waals surface area (Å²) >= 11 is 12.7. The van der Waals surface area contributed by atoms with Crippen molar-refractivity contribution >= 4 is 46.8 Å². The standard InChI is InChI=1S/C48H54Cl2N8O6/c1-31-45(61)53-40(29-59)46(62)54-48(24-32-8-13-37(49)14-9-32)18-6-20-57(30-48)47(63)36(21-33-7-5-19-51-25-33)22-44(60)58(31)27-35-10-15-38(50)23-42(35)64-39-16-11-34(12-17-39)41-26-52-43(56(41)4)28-55(2)3/h5,7-17,19,23,25-26,31,36,40,59H,6,18,20-22,24,27-30H2,1-4H3,(H,53,61)(H,54,62)/t31-,36+,40-,48+/m0/s1. The molecule has 5 aromatic rings. The maximum Gasteiger partial charge on any atom is 0.245 e. The van der Waals surface area contributed by atoms with Gasteiger partial charge in [-0.1, -0.05) is 47.5 Å². The van der Waals surface area contributed by atoms with E-state index in [1.54, 1.807) is 60.6 Å². The maximum absolute atomic E-state index is 14.9. The predicted octanol–water partition coefficient (Wildman–Crippen LogP) is 5.82. The second kappa shape index (κ2) is 20.4. The molecule has 2 bridgehead atoms. The summed E-state index contributed by atoms with van der Waals surface area (Å²) in [6.45, 7) is 2.01. The van der Waals surface area contributed by atoms with Crippen LogP contribution >= 0.6 is 23.2 Å². The number of hydrogen-bond donors (Lipinski definition) is 3. The van der Waals surface area contributed by atoms with Crippen molar-refractivity contribution in [3.63, 3.8) is 0 Å². The lowest BCUT2D eigenvalue weighted by Gasteiger charge is -2.45. The second-order valence-corrected chi connectivity index (χ2v) is 18.0. The van der Waals surface area contributed by atoms with E-state index in [1.165, 1.54) is 4.90 Å². The summed E-state index contributed by atoms with van der Waals surface area (Å²) in [6.07, 6.45) is 6.61. The molecule has 2 aromatic heterocycles. The lowest BCUT2D eigenvalue weighted by molar-refractivity contribution is -0.147. The molecule has 3 N–H and O–H groups in total. The van der Waals surface area contributed by atoms with Crippen LogP contribution in [0.25, 0.3) is 11.3 Å². The minimum Gasteiger partial charge on any atom is -0.457 e. The third kappa shape index (κ3) is 11.1. The molecule has 336 valence electrons. The maximum atomic E-state index is 14.9. The lowest BCUT2D eigenvalue weighted by Crippen LogP contribution is -2.65. The molecule has 2 fully saturated rings. The highest BCUT2D eigenvalue weighted by Crippen LogP contribution is 2.33. The molecular formula is C48H54Cl2N8O6. The average Bonchev–Trinajstić information content (AvgIpc) is 3.63. The molecule has 4 amide bonds. The zero-order chi connectivity index (χ0) is 45.5. The zero-order valence-corrected chi connectivity index (χ0v) is 38.0. The number of rotatable bonds is 12. The van der Waals surface area contributed by atoms with E-state index in [-0.39, 0.29) is 31.8 Å². The molecule has 3 aromatic carbocycles. The Kier molecular flexibility index (Phi) is 14.7. The number of carbonyl (C=O) groups excluding carboxylic acids is 4. The average molecular weight is 910 g/mol. The summed E-state index contributed by atoms with van der Waals surface area (Å²) in [4.78, 5) is 72.0. The van der Waals surface area contributed by atoms with Gasteiger partial charge in [0.25, 0.3) is 0 Å².